The van der Waals surface area contributed by atoms with Crippen LogP contribution in [-0.2, 0) is 16.0 Å². The molecule has 1 aliphatic heterocycles. The maximum absolute atomic E-state index is 12.9. The number of carbonyl (C=O) groups excluding carboxylic acids is 1. The van der Waals surface area contributed by atoms with Crippen molar-refractivity contribution in [3.63, 3.8) is 0 Å². The number of amides is 1. The molecule has 0 radical (unpaired) electrons. The van der Waals surface area contributed by atoms with Gasteiger partial charge in [0.2, 0.25) is 11.4 Å². The van der Waals surface area contributed by atoms with Crippen LogP contribution < -0.4 is 5.32 Å². The Labute approximate surface area is 122 Å². The Morgan fingerprint density at radius 2 is 1.95 bits per heavy atom. The van der Waals surface area contributed by atoms with Crippen LogP contribution in [0.4, 0.5) is 13.2 Å². The summed E-state index contributed by atoms with van der Waals surface area (Å²) in [6.45, 7) is 0.444. The maximum atomic E-state index is 12.9. The maximum Gasteiger partial charge on any atom is 0.422 e. The number of benzene rings is 1. The molecule has 0 spiro atoms. The van der Waals surface area contributed by atoms with Crippen LogP contribution in [0.5, 0.6) is 0 Å². The molecule has 2 unspecified atom stereocenters. The molecule has 0 bridgehead atoms. The summed E-state index contributed by atoms with van der Waals surface area (Å²) in [5.74, 6) is -3.07. The predicted molar refractivity (Wildman–Crippen MR) is 70.0 cm³/mol. The zero-order chi connectivity index (χ0) is 15.8. The first-order valence-corrected chi connectivity index (χ1v) is 6.90. The van der Waals surface area contributed by atoms with Crippen LogP contribution in [0.1, 0.15) is 12.5 Å². The van der Waals surface area contributed by atoms with Crippen LogP contribution in [-0.4, -0.2) is 33.9 Å². The number of fused-ring (bicyclic) bond motifs is 1. The highest BCUT2D eigenvalue weighted by atomic mass is 32.2. The highest BCUT2D eigenvalue weighted by Crippen LogP contribution is 2.38. The number of hydrogen-bond donors (Lipinski definition) is 2. The van der Waals surface area contributed by atoms with Crippen LogP contribution >= 0.6 is 11.8 Å². The van der Waals surface area contributed by atoms with E-state index < -0.39 is 28.8 Å². The third-order valence-electron chi connectivity index (χ3n) is 3.31. The largest absolute Gasteiger partial charge is 0.479 e. The summed E-state index contributed by atoms with van der Waals surface area (Å²) in [6, 6.07) is 7.10. The van der Waals surface area contributed by atoms with Gasteiger partial charge in [-0.15, -0.1) is 11.8 Å². The van der Waals surface area contributed by atoms with E-state index in [4.69, 9.17) is 5.11 Å². The van der Waals surface area contributed by atoms with Gasteiger partial charge in [0.05, 0.1) is 5.25 Å². The van der Waals surface area contributed by atoms with E-state index in [-0.39, 0.29) is 6.42 Å². The van der Waals surface area contributed by atoms with Crippen molar-refractivity contribution in [3.8, 4) is 0 Å². The van der Waals surface area contributed by atoms with Crippen LogP contribution in [0, 0.1) is 0 Å². The number of carbonyl (C=O) groups is 2. The zero-order valence-corrected chi connectivity index (χ0v) is 11.7. The number of hydrogen-bond acceptors (Lipinski definition) is 3. The molecule has 2 rings (SSSR count). The minimum absolute atomic E-state index is 0.278. The number of aliphatic carboxylic acids is 1. The van der Waals surface area contributed by atoms with Gasteiger partial charge >= 0.3 is 12.1 Å². The highest BCUT2D eigenvalue weighted by molar-refractivity contribution is 8.01. The second kappa shape index (κ2) is 5.25. The summed E-state index contributed by atoms with van der Waals surface area (Å²) in [7, 11) is 0. The Morgan fingerprint density at radius 1 is 1.33 bits per heavy atom. The van der Waals surface area contributed by atoms with Crippen molar-refractivity contribution in [1.82, 2.24) is 5.32 Å². The lowest BCUT2D eigenvalue weighted by Gasteiger charge is -2.29. The molecule has 1 aromatic carbocycles. The van der Waals surface area contributed by atoms with Gasteiger partial charge in [-0.05, 0) is 25.0 Å². The van der Waals surface area contributed by atoms with E-state index in [9.17, 15) is 22.8 Å². The quantitative estimate of drug-likeness (QED) is 0.896. The molecule has 2 N–H and O–H groups in total. The van der Waals surface area contributed by atoms with Gasteiger partial charge in [-0.2, -0.15) is 13.2 Å². The van der Waals surface area contributed by atoms with Crippen molar-refractivity contribution in [2.24, 2.45) is 0 Å². The SMILES string of the molecule is CC(NC(=O)C1Cc2ccccc2S1)(C(=O)O)C(F)(F)F. The van der Waals surface area contributed by atoms with E-state index in [1.54, 1.807) is 29.6 Å². The van der Waals surface area contributed by atoms with Crippen LogP contribution in [0.15, 0.2) is 29.2 Å². The molecule has 0 aliphatic carbocycles. The first-order chi connectivity index (χ1) is 9.65. The first-order valence-electron chi connectivity index (χ1n) is 6.02. The molecule has 1 aliphatic rings. The fraction of sp³-hybridized carbons (Fsp3) is 0.385. The molecule has 0 fully saturated rings. The van der Waals surface area contributed by atoms with Gasteiger partial charge in [0.25, 0.3) is 0 Å². The van der Waals surface area contributed by atoms with Gasteiger partial charge in [-0.25, -0.2) is 4.79 Å². The fourth-order valence-corrected chi connectivity index (χ4v) is 3.10. The minimum atomic E-state index is -5.08. The Bertz CT molecular complexity index is 565. The summed E-state index contributed by atoms with van der Waals surface area (Å²) in [6.07, 6.45) is -4.80. The van der Waals surface area contributed by atoms with E-state index in [0.29, 0.717) is 6.92 Å². The third-order valence-corrected chi connectivity index (χ3v) is 4.62. The normalized spacial score (nSPS) is 20.5. The molecule has 0 saturated heterocycles. The number of thioether (sulfide) groups is 1. The molecular weight excluding hydrogens is 307 g/mol. The first kappa shape index (κ1) is 15.7. The van der Waals surface area contributed by atoms with Crippen LogP contribution in [0.2, 0.25) is 0 Å². The lowest BCUT2D eigenvalue weighted by molar-refractivity contribution is -0.206. The van der Waals surface area contributed by atoms with Gasteiger partial charge < -0.3 is 10.4 Å². The Balaban J connectivity index is 2.14. The van der Waals surface area contributed by atoms with E-state index in [1.165, 1.54) is 0 Å². The molecule has 4 nitrogen and oxygen atoms in total. The van der Waals surface area contributed by atoms with E-state index in [0.717, 1.165) is 22.2 Å². The smallest absolute Gasteiger partial charge is 0.422 e. The molecule has 0 aromatic heterocycles. The lowest BCUT2D eigenvalue weighted by Crippen LogP contribution is -2.63. The summed E-state index contributed by atoms with van der Waals surface area (Å²) in [5.41, 5.74) is -2.42. The van der Waals surface area contributed by atoms with Crippen LogP contribution in [0.3, 0.4) is 0 Å². The molecule has 1 aromatic rings. The average Bonchev–Trinajstić information content (AvgIpc) is 2.80. The van der Waals surface area contributed by atoms with Crippen molar-refractivity contribution in [2.75, 3.05) is 0 Å². The second-order valence-electron chi connectivity index (χ2n) is 4.84. The molecule has 1 amide bonds. The number of carboxylic acid groups (broad SMARTS) is 1. The molecule has 0 saturated carbocycles. The Kier molecular flexibility index (Phi) is 3.92. The van der Waals surface area contributed by atoms with Gasteiger partial charge in [0, 0.05) is 4.90 Å². The van der Waals surface area contributed by atoms with Crippen molar-refractivity contribution in [2.45, 2.75) is 35.2 Å². The average molecular weight is 319 g/mol. The van der Waals surface area contributed by atoms with Crippen molar-refractivity contribution >= 4 is 23.6 Å². The van der Waals surface area contributed by atoms with E-state index in [2.05, 4.69) is 0 Å². The van der Waals surface area contributed by atoms with Gasteiger partial charge in [-0.3, -0.25) is 4.79 Å². The standard InChI is InChI=1S/C13H12F3NO3S/c1-12(11(19)20,13(14,15)16)17-10(18)9-6-7-4-2-3-5-8(7)21-9/h2-5,9H,6H2,1H3,(H,17,18)(H,19,20). The number of alkyl halides is 3. The second-order valence-corrected chi connectivity index (χ2v) is 6.08. The van der Waals surface area contributed by atoms with E-state index >= 15 is 0 Å². The monoisotopic (exact) mass is 319 g/mol. The molecule has 2 atom stereocenters. The zero-order valence-electron chi connectivity index (χ0n) is 10.9. The summed E-state index contributed by atoms with van der Waals surface area (Å²) >= 11 is 1.13. The number of nitrogens with one attached hydrogen (secondary N) is 1. The topological polar surface area (TPSA) is 66.4 Å². The molecule has 8 heteroatoms. The highest BCUT2D eigenvalue weighted by Gasteiger charge is 2.59. The molecule has 21 heavy (non-hydrogen) atoms. The van der Waals surface area contributed by atoms with E-state index in [1.807, 2.05) is 0 Å². The van der Waals surface area contributed by atoms with Crippen molar-refractivity contribution in [3.05, 3.63) is 29.8 Å². The van der Waals surface area contributed by atoms with Crippen molar-refractivity contribution < 1.29 is 27.9 Å². The van der Waals surface area contributed by atoms with Crippen molar-refractivity contribution in [1.29, 1.82) is 0 Å². The fourth-order valence-electron chi connectivity index (χ4n) is 1.90. The Hall–Kier alpha value is -1.70. The van der Waals surface area contributed by atoms with Crippen LogP contribution in [0.25, 0.3) is 0 Å². The number of carboxylic acids is 1. The summed E-state index contributed by atoms with van der Waals surface area (Å²) < 4.78 is 38.6. The predicted octanol–water partition coefficient (Wildman–Crippen LogP) is 2.23. The third kappa shape index (κ3) is 2.85. The molecule has 1 heterocycles. The molecule has 114 valence electrons. The Morgan fingerprint density at radius 3 is 2.48 bits per heavy atom. The molecular formula is C13H12F3NO3S. The van der Waals surface area contributed by atoms with Gasteiger partial charge in [0.1, 0.15) is 0 Å². The lowest BCUT2D eigenvalue weighted by atomic mass is 10.0. The van der Waals surface area contributed by atoms with Gasteiger partial charge in [0.15, 0.2) is 0 Å². The number of halogens is 3. The summed E-state index contributed by atoms with van der Waals surface area (Å²) in [4.78, 5) is 23.7. The minimum Gasteiger partial charge on any atom is -0.479 e. The summed E-state index contributed by atoms with van der Waals surface area (Å²) in [5, 5.41) is 9.66. The van der Waals surface area contributed by atoms with Gasteiger partial charge in [-0.1, -0.05) is 18.2 Å². The number of rotatable bonds is 3.